The molecule has 2 aromatic rings. The van der Waals surface area contributed by atoms with Crippen LogP contribution in [0.5, 0.6) is 5.75 Å². The van der Waals surface area contributed by atoms with Gasteiger partial charge in [0.1, 0.15) is 18.1 Å². The number of halogens is 1. The fourth-order valence-electron chi connectivity index (χ4n) is 1.90. The molecule has 0 bridgehead atoms. The SMILES string of the molecule is Cc1cc2c(cc1Br)OCc1nc(C=O)cn1-2. The predicted molar refractivity (Wildman–Crippen MR) is 65.7 cm³/mol. The maximum atomic E-state index is 10.7. The van der Waals surface area contributed by atoms with Crippen molar-refractivity contribution in [1.82, 2.24) is 9.55 Å². The molecule has 2 heterocycles. The summed E-state index contributed by atoms with van der Waals surface area (Å²) in [6, 6.07) is 3.95. The van der Waals surface area contributed by atoms with Crippen LogP contribution in [0.15, 0.2) is 22.8 Å². The summed E-state index contributed by atoms with van der Waals surface area (Å²) in [5.74, 6) is 1.55. The van der Waals surface area contributed by atoms with Crippen molar-refractivity contribution in [3.63, 3.8) is 0 Å². The van der Waals surface area contributed by atoms with Gasteiger partial charge in [0.2, 0.25) is 0 Å². The Balaban J connectivity index is 2.24. The largest absolute Gasteiger partial charge is 0.483 e. The molecule has 0 saturated heterocycles. The third-order valence-corrected chi connectivity index (χ3v) is 3.63. The standard InChI is InChI=1S/C12H9BrN2O2/c1-7-2-10-11(3-9(7)13)17-6-12-14-8(5-16)4-15(10)12/h2-5H,6H2,1H3. The van der Waals surface area contributed by atoms with Gasteiger partial charge in [0.15, 0.2) is 12.1 Å². The monoisotopic (exact) mass is 292 g/mol. The summed E-state index contributed by atoms with van der Waals surface area (Å²) >= 11 is 3.47. The summed E-state index contributed by atoms with van der Waals surface area (Å²) < 4.78 is 8.53. The number of fused-ring (bicyclic) bond motifs is 3. The number of benzene rings is 1. The van der Waals surface area contributed by atoms with Crippen molar-refractivity contribution in [1.29, 1.82) is 0 Å². The lowest BCUT2D eigenvalue weighted by atomic mass is 10.2. The lowest BCUT2D eigenvalue weighted by Gasteiger charge is -2.20. The molecule has 1 aliphatic rings. The molecule has 0 saturated carbocycles. The molecule has 0 atom stereocenters. The highest BCUT2D eigenvalue weighted by Crippen LogP contribution is 2.34. The summed E-state index contributed by atoms with van der Waals surface area (Å²) in [5, 5.41) is 0. The maximum absolute atomic E-state index is 10.7. The second kappa shape index (κ2) is 3.70. The van der Waals surface area contributed by atoms with Crippen molar-refractivity contribution < 1.29 is 9.53 Å². The van der Waals surface area contributed by atoms with E-state index in [0.717, 1.165) is 33.6 Å². The zero-order chi connectivity index (χ0) is 12.0. The normalized spacial score (nSPS) is 12.6. The second-order valence-electron chi connectivity index (χ2n) is 3.93. The van der Waals surface area contributed by atoms with E-state index in [4.69, 9.17) is 4.74 Å². The number of imidazole rings is 1. The van der Waals surface area contributed by atoms with Crippen molar-refractivity contribution >= 4 is 22.2 Å². The van der Waals surface area contributed by atoms with Crippen molar-refractivity contribution in [2.45, 2.75) is 13.5 Å². The first kappa shape index (κ1) is 10.5. The number of carbonyl (C=O) groups is 1. The molecule has 0 fully saturated rings. The molecule has 3 rings (SSSR count). The van der Waals surface area contributed by atoms with Gasteiger partial charge in [0, 0.05) is 10.7 Å². The molecule has 0 unspecified atom stereocenters. The third-order valence-electron chi connectivity index (χ3n) is 2.77. The van der Waals surface area contributed by atoms with Gasteiger partial charge in [-0.25, -0.2) is 4.98 Å². The van der Waals surface area contributed by atoms with Crippen molar-refractivity contribution in [3.05, 3.63) is 39.9 Å². The fourth-order valence-corrected chi connectivity index (χ4v) is 2.22. The van der Waals surface area contributed by atoms with Gasteiger partial charge in [-0.15, -0.1) is 0 Å². The Labute approximate surface area is 106 Å². The minimum absolute atomic E-state index is 0.385. The molecule has 1 aliphatic heterocycles. The average molecular weight is 293 g/mol. The van der Waals surface area contributed by atoms with E-state index in [1.165, 1.54) is 0 Å². The lowest BCUT2D eigenvalue weighted by molar-refractivity contribution is 0.111. The van der Waals surface area contributed by atoms with Crippen LogP contribution in [0.4, 0.5) is 0 Å². The Morgan fingerprint density at radius 1 is 1.53 bits per heavy atom. The summed E-state index contributed by atoms with van der Waals surface area (Å²) in [6.45, 7) is 2.40. The number of aldehydes is 1. The number of hydrogen-bond donors (Lipinski definition) is 0. The van der Waals surface area contributed by atoms with Crippen molar-refractivity contribution in [2.24, 2.45) is 0 Å². The molecule has 17 heavy (non-hydrogen) atoms. The van der Waals surface area contributed by atoms with Crippen LogP contribution in [0.2, 0.25) is 0 Å². The number of hydrogen-bond acceptors (Lipinski definition) is 3. The summed E-state index contributed by atoms with van der Waals surface area (Å²) in [6.07, 6.45) is 2.48. The van der Waals surface area contributed by atoms with Crippen LogP contribution in [-0.2, 0) is 6.61 Å². The molecule has 4 nitrogen and oxygen atoms in total. The first-order valence-electron chi connectivity index (χ1n) is 5.16. The van der Waals surface area contributed by atoms with Crippen LogP contribution in [0.3, 0.4) is 0 Å². The molecule has 0 N–H and O–H groups in total. The zero-order valence-corrected chi connectivity index (χ0v) is 10.7. The smallest absolute Gasteiger partial charge is 0.170 e. The Bertz CT molecular complexity index is 619. The van der Waals surface area contributed by atoms with Gasteiger partial charge in [0.25, 0.3) is 0 Å². The van der Waals surface area contributed by atoms with E-state index in [2.05, 4.69) is 20.9 Å². The Morgan fingerprint density at radius 3 is 3.12 bits per heavy atom. The van der Waals surface area contributed by atoms with Gasteiger partial charge in [-0.05, 0) is 24.6 Å². The van der Waals surface area contributed by atoms with E-state index in [9.17, 15) is 4.79 Å². The summed E-state index contributed by atoms with van der Waals surface area (Å²) in [5.41, 5.74) is 2.46. The van der Waals surface area contributed by atoms with E-state index in [0.29, 0.717) is 12.3 Å². The average Bonchev–Trinajstić information content (AvgIpc) is 2.74. The first-order chi connectivity index (χ1) is 8.19. The number of aryl methyl sites for hydroxylation is 1. The highest BCUT2D eigenvalue weighted by atomic mass is 79.9. The zero-order valence-electron chi connectivity index (χ0n) is 9.11. The van der Waals surface area contributed by atoms with Gasteiger partial charge in [-0.1, -0.05) is 15.9 Å². The van der Waals surface area contributed by atoms with Gasteiger partial charge in [-0.3, -0.25) is 9.36 Å². The lowest BCUT2D eigenvalue weighted by Crippen LogP contribution is -2.12. The van der Waals surface area contributed by atoms with Crippen LogP contribution >= 0.6 is 15.9 Å². The third kappa shape index (κ3) is 1.58. The summed E-state index contributed by atoms with van der Waals surface area (Å²) in [7, 11) is 0. The number of ether oxygens (including phenoxy) is 1. The fraction of sp³-hybridized carbons (Fsp3) is 0.167. The topological polar surface area (TPSA) is 44.1 Å². The number of aromatic nitrogens is 2. The van der Waals surface area contributed by atoms with E-state index in [1.54, 1.807) is 6.20 Å². The van der Waals surface area contributed by atoms with Crippen LogP contribution in [0.1, 0.15) is 21.9 Å². The van der Waals surface area contributed by atoms with E-state index >= 15 is 0 Å². The van der Waals surface area contributed by atoms with Crippen LogP contribution < -0.4 is 4.74 Å². The molecule has 0 amide bonds. The van der Waals surface area contributed by atoms with Gasteiger partial charge in [-0.2, -0.15) is 0 Å². The minimum atomic E-state index is 0.385. The molecular formula is C12H9BrN2O2. The maximum Gasteiger partial charge on any atom is 0.170 e. The second-order valence-corrected chi connectivity index (χ2v) is 4.78. The molecule has 0 radical (unpaired) electrons. The molecular weight excluding hydrogens is 284 g/mol. The predicted octanol–water partition coefficient (Wildman–Crippen LogP) is 2.65. The molecule has 0 aliphatic carbocycles. The van der Waals surface area contributed by atoms with Crippen LogP contribution in [0.25, 0.3) is 5.69 Å². The Hall–Kier alpha value is -1.62. The van der Waals surface area contributed by atoms with E-state index in [1.807, 2.05) is 23.6 Å². The summed E-state index contributed by atoms with van der Waals surface area (Å²) in [4.78, 5) is 14.9. The van der Waals surface area contributed by atoms with Gasteiger partial charge >= 0.3 is 0 Å². The van der Waals surface area contributed by atoms with Crippen molar-refractivity contribution in [3.8, 4) is 11.4 Å². The molecule has 0 spiro atoms. The molecule has 86 valence electrons. The first-order valence-corrected chi connectivity index (χ1v) is 5.95. The molecule has 1 aromatic carbocycles. The number of rotatable bonds is 1. The van der Waals surface area contributed by atoms with E-state index in [-0.39, 0.29) is 0 Å². The van der Waals surface area contributed by atoms with Crippen LogP contribution in [0, 0.1) is 6.92 Å². The minimum Gasteiger partial charge on any atom is -0.483 e. The number of nitrogens with zero attached hydrogens (tertiary/aromatic N) is 2. The Kier molecular flexibility index (Phi) is 2.29. The van der Waals surface area contributed by atoms with Crippen molar-refractivity contribution in [2.75, 3.05) is 0 Å². The van der Waals surface area contributed by atoms with Gasteiger partial charge in [0.05, 0.1) is 5.69 Å². The van der Waals surface area contributed by atoms with Crippen LogP contribution in [-0.4, -0.2) is 15.8 Å². The number of carbonyl (C=O) groups excluding carboxylic acids is 1. The Morgan fingerprint density at radius 2 is 2.35 bits per heavy atom. The molecule has 1 aromatic heterocycles. The molecule has 5 heteroatoms. The van der Waals surface area contributed by atoms with Gasteiger partial charge < -0.3 is 4.74 Å². The highest BCUT2D eigenvalue weighted by molar-refractivity contribution is 9.10. The highest BCUT2D eigenvalue weighted by Gasteiger charge is 2.20. The van der Waals surface area contributed by atoms with E-state index < -0.39 is 0 Å². The quantitative estimate of drug-likeness (QED) is 0.759.